The van der Waals surface area contributed by atoms with Crippen molar-refractivity contribution in [1.82, 2.24) is 47.4 Å². The van der Waals surface area contributed by atoms with E-state index in [1.165, 1.54) is 17.0 Å². The summed E-state index contributed by atoms with van der Waals surface area (Å²) >= 11 is 0. The van der Waals surface area contributed by atoms with Crippen molar-refractivity contribution in [2.45, 2.75) is 132 Å². The zero-order chi connectivity index (χ0) is 54.3. The normalized spacial score (nSPS) is 21.7. The Bertz CT molecular complexity index is 2350. The standard InChI is InChI=1S/C48H68N14O12/c49-37(64)20-19-31-42(69)61-35(25-38(50)65)45(72)59-32(47(74)62-22-8-13-36(62)46(73)58-30(12-7-21-54-48(52)53)41(68)55-26-39(51)66)11-5-2-6-14-40(67)56-33(24-28-15-17-29(63)18-16-28)43(70)60-34(44(71)57-31)23-27-9-3-1-4-10-27/h1,3-4,9-10,15-18,30-36,63H,2,5-8,11-14,19-26H2,(H2,49,64)(H2,50,65)(H2,51,66)(H,55,68)(H,56,67)(H,57,71)(H,58,73)(H,59,72)(H,60,70)(H,61,69)(H4,52,53,54)/t30-,31-,32-,33-,34-,35-,36-/m0/s1. The van der Waals surface area contributed by atoms with E-state index in [1.807, 2.05) is 0 Å². The highest BCUT2D eigenvalue weighted by Gasteiger charge is 2.40. The van der Waals surface area contributed by atoms with Crippen molar-refractivity contribution in [1.29, 1.82) is 5.41 Å². The van der Waals surface area contributed by atoms with Gasteiger partial charge in [0.2, 0.25) is 65.0 Å². The van der Waals surface area contributed by atoms with E-state index < -0.39 is 133 Å². The third kappa shape index (κ3) is 19.7. The third-order valence-electron chi connectivity index (χ3n) is 12.2. The van der Waals surface area contributed by atoms with Gasteiger partial charge in [0.05, 0.1) is 13.0 Å². The first kappa shape index (κ1) is 58.3. The Labute approximate surface area is 426 Å². The van der Waals surface area contributed by atoms with Crippen LogP contribution in [0.3, 0.4) is 0 Å². The van der Waals surface area contributed by atoms with Crippen LogP contribution in [0.4, 0.5) is 0 Å². The lowest BCUT2D eigenvalue weighted by Gasteiger charge is -2.31. The summed E-state index contributed by atoms with van der Waals surface area (Å²) in [6, 6.07) is 4.68. The molecule has 2 aromatic carbocycles. The van der Waals surface area contributed by atoms with Crippen molar-refractivity contribution in [2.24, 2.45) is 22.9 Å². The molecule has 2 aliphatic rings. The van der Waals surface area contributed by atoms with Gasteiger partial charge in [0.15, 0.2) is 5.96 Å². The number of amides is 11. The maximum absolute atomic E-state index is 14.6. The van der Waals surface area contributed by atoms with Gasteiger partial charge in [-0.25, -0.2) is 0 Å². The van der Waals surface area contributed by atoms with E-state index in [0.717, 1.165) is 0 Å². The highest BCUT2D eigenvalue weighted by atomic mass is 16.3. The number of nitrogens with zero attached hydrogens (tertiary/aromatic N) is 1. The summed E-state index contributed by atoms with van der Waals surface area (Å²) < 4.78 is 0. The molecule has 26 heteroatoms. The van der Waals surface area contributed by atoms with Gasteiger partial charge in [-0.15, -0.1) is 0 Å². The smallest absolute Gasteiger partial charge is 0.245 e. The summed E-state index contributed by atoms with van der Waals surface area (Å²) in [5.74, 6) is -9.64. The lowest BCUT2D eigenvalue weighted by molar-refractivity contribution is -0.143. The van der Waals surface area contributed by atoms with Gasteiger partial charge in [-0.2, -0.15) is 0 Å². The van der Waals surface area contributed by atoms with Crippen LogP contribution in [0.2, 0.25) is 0 Å². The van der Waals surface area contributed by atoms with E-state index in [4.69, 9.17) is 28.3 Å². The van der Waals surface area contributed by atoms with E-state index in [1.54, 1.807) is 42.5 Å². The lowest BCUT2D eigenvalue weighted by Crippen LogP contribution is -2.60. The van der Waals surface area contributed by atoms with Gasteiger partial charge < -0.3 is 75.5 Å². The molecular formula is C48H68N14O12. The number of benzene rings is 2. The van der Waals surface area contributed by atoms with E-state index in [9.17, 15) is 57.8 Å². The molecule has 2 saturated heterocycles. The first-order valence-electron chi connectivity index (χ1n) is 24.3. The monoisotopic (exact) mass is 1030 g/mol. The predicted molar refractivity (Wildman–Crippen MR) is 265 cm³/mol. The Morgan fingerprint density at radius 2 is 1.28 bits per heavy atom. The van der Waals surface area contributed by atoms with Crippen LogP contribution in [0, 0.1) is 5.41 Å². The second-order valence-electron chi connectivity index (χ2n) is 18.1. The largest absolute Gasteiger partial charge is 0.508 e. The zero-order valence-corrected chi connectivity index (χ0v) is 41.0. The van der Waals surface area contributed by atoms with Gasteiger partial charge in [0.1, 0.15) is 48.0 Å². The van der Waals surface area contributed by atoms with Gasteiger partial charge in [0.25, 0.3) is 0 Å². The van der Waals surface area contributed by atoms with E-state index >= 15 is 0 Å². The van der Waals surface area contributed by atoms with E-state index in [-0.39, 0.29) is 82.6 Å². The molecule has 0 aliphatic carbocycles. The van der Waals surface area contributed by atoms with Crippen LogP contribution in [0.25, 0.3) is 0 Å². The molecule has 18 N–H and O–H groups in total. The van der Waals surface area contributed by atoms with Gasteiger partial charge in [0, 0.05) is 38.8 Å². The molecule has 7 atom stereocenters. The van der Waals surface area contributed by atoms with Crippen LogP contribution in [0.5, 0.6) is 5.75 Å². The molecule has 0 aromatic heterocycles. The number of hydrogen-bond acceptors (Lipinski definition) is 13. The maximum Gasteiger partial charge on any atom is 0.245 e. The number of guanidine groups is 1. The number of nitrogens with two attached hydrogens (primary N) is 4. The fourth-order valence-corrected chi connectivity index (χ4v) is 8.39. The molecule has 0 unspecified atom stereocenters. The number of carbonyl (C=O) groups excluding carboxylic acids is 11. The Balaban J connectivity index is 1.68. The Morgan fingerprint density at radius 1 is 0.676 bits per heavy atom. The average Bonchev–Trinajstić information content (AvgIpc) is 3.85. The Kier molecular flexibility index (Phi) is 23.0. The molecule has 0 saturated carbocycles. The van der Waals surface area contributed by atoms with Crippen LogP contribution in [-0.4, -0.2) is 143 Å². The number of hydrogen-bond donors (Lipinski definition) is 14. The van der Waals surface area contributed by atoms with Crippen molar-refractivity contribution < 1.29 is 57.8 Å². The number of phenolic OH excluding ortho intramolecular Hbond substituents is 1. The van der Waals surface area contributed by atoms with Crippen LogP contribution in [0.15, 0.2) is 54.6 Å². The molecule has 2 aromatic rings. The van der Waals surface area contributed by atoms with Crippen LogP contribution < -0.4 is 65.5 Å². The van der Waals surface area contributed by atoms with Gasteiger partial charge in [-0.05, 0) is 68.2 Å². The number of aromatic hydroxyl groups is 1. The van der Waals surface area contributed by atoms with Crippen molar-refractivity contribution in [3.63, 3.8) is 0 Å². The fourth-order valence-electron chi connectivity index (χ4n) is 8.39. The Morgan fingerprint density at radius 3 is 1.92 bits per heavy atom. The first-order valence-corrected chi connectivity index (χ1v) is 24.3. The number of likely N-dealkylation sites (tertiary alicyclic amines) is 1. The zero-order valence-electron chi connectivity index (χ0n) is 41.0. The van der Waals surface area contributed by atoms with Crippen LogP contribution in [0.1, 0.15) is 88.2 Å². The van der Waals surface area contributed by atoms with Crippen molar-refractivity contribution in [3.8, 4) is 5.75 Å². The Hall–Kier alpha value is -8.32. The van der Waals surface area contributed by atoms with Crippen LogP contribution in [-0.2, 0) is 65.6 Å². The minimum Gasteiger partial charge on any atom is -0.508 e. The van der Waals surface area contributed by atoms with Gasteiger partial charge in [-0.3, -0.25) is 58.1 Å². The molecule has 0 bridgehead atoms. The summed E-state index contributed by atoms with van der Waals surface area (Å²) in [5.41, 5.74) is 22.7. The van der Waals surface area contributed by atoms with Crippen molar-refractivity contribution in [3.05, 3.63) is 65.7 Å². The molecular weight excluding hydrogens is 965 g/mol. The summed E-state index contributed by atoms with van der Waals surface area (Å²) in [6.07, 6.45) is -0.537. The highest BCUT2D eigenvalue weighted by Crippen LogP contribution is 2.22. The second kappa shape index (κ2) is 29.3. The minimum atomic E-state index is -1.76. The quantitative estimate of drug-likeness (QED) is 0.0363. The molecule has 2 aliphatic heterocycles. The molecule has 0 spiro atoms. The number of primary amides is 3. The molecule has 11 amide bonds. The van der Waals surface area contributed by atoms with Crippen molar-refractivity contribution >= 4 is 70.9 Å². The van der Waals surface area contributed by atoms with Gasteiger partial charge in [-0.1, -0.05) is 55.3 Å². The summed E-state index contributed by atoms with van der Waals surface area (Å²) in [4.78, 5) is 149. The second-order valence-corrected chi connectivity index (χ2v) is 18.1. The van der Waals surface area contributed by atoms with Crippen LogP contribution >= 0.6 is 0 Å². The predicted octanol–water partition coefficient (Wildman–Crippen LogP) is -3.95. The van der Waals surface area contributed by atoms with Gasteiger partial charge >= 0.3 is 0 Å². The van der Waals surface area contributed by atoms with E-state index in [2.05, 4.69) is 42.5 Å². The molecule has 26 nitrogen and oxygen atoms in total. The molecule has 2 fully saturated rings. The summed E-state index contributed by atoms with van der Waals surface area (Å²) in [5, 5.41) is 37.9. The lowest BCUT2D eigenvalue weighted by atomic mass is 10.0. The fraction of sp³-hybridized carbons (Fsp3) is 0.500. The minimum absolute atomic E-state index is 0.0224. The molecule has 0 radical (unpaired) electrons. The third-order valence-corrected chi connectivity index (χ3v) is 12.2. The maximum atomic E-state index is 14.6. The molecule has 4 rings (SSSR count). The number of phenols is 1. The topological polar surface area (TPSA) is 435 Å². The molecule has 74 heavy (non-hydrogen) atoms. The number of carbonyl (C=O) groups is 11. The number of rotatable bonds is 19. The van der Waals surface area contributed by atoms with Crippen molar-refractivity contribution in [2.75, 3.05) is 19.6 Å². The SMILES string of the molecule is N=C(N)NCCC[C@H](NC(=O)[C@@H]1CCCN1C(=O)[C@@H]1CCCCCC(=O)N[C@@H](Cc2ccc(O)cc2)C(=O)N[C@@H](Cc2ccccc2)C(=O)N[C@@H](CCC(N)=O)C(=O)N[C@@H](CC(N)=O)C(=O)N1)C(=O)NCC(N)=O. The molecule has 2 heterocycles. The molecule has 402 valence electrons. The summed E-state index contributed by atoms with van der Waals surface area (Å²) in [6.45, 7) is -0.319. The number of nitrogens with one attached hydrogen (secondary N) is 9. The first-order chi connectivity index (χ1) is 35.2. The average molecular weight is 1030 g/mol. The summed E-state index contributed by atoms with van der Waals surface area (Å²) in [7, 11) is 0. The van der Waals surface area contributed by atoms with E-state index in [0.29, 0.717) is 24.0 Å². The highest BCUT2D eigenvalue weighted by molar-refractivity contribution is 5.99.